The van der Waals surface area contributed by atoms with Gasteiger partial charge in [-0.05, 0) is 0 Å². The van der Waals surface area contributed by atoms with Crippen molar-refractivity contribution in [3.05, 3.63) is 39.7 Å². The number of benzene rings is 1. The highest BCUT2D eigenvalue weighted by Gasteiger charge is 2.16. The third-order valence-electron chi connectivity index (χ3n) is 2.32. The molecule has 0 atom stereocenters. The first-order valence-corrected chi connectivity index (χ1v) is 5.73. The Morgan fingerprint density at radius 2 is 1.89 bits per heavy atom. The maximum absolute atomic E-state index is 13.6. The fraction of sp³-hybridized carbons (Fsp3) is 0.500. The predicted molar refractivity (Wildman–Crippen MR) is 65.4 cm³/mol. The number of hydrogen-bond acceptors (Lipinski definition) is 5. The lowest BCUT2D eigenvalue weighted by molar-refractivity contribution is -0.387. The number of hydrogen-bond donors (Lipinski definition) is 0. The van der Waals surface area contributed by atoms with E-state index in [0.29, 0.717) is 19.8 Å². The van der Waals surface area contributed by atoms with E-state index in [1.54, 1.807) is 7.11 Å². The van der Waals surface area contributed by atoms with Gasteiger partial charge in [-0.3, -0.25) is 10.1 Å². The Bertz CT molecular complexity index is 413. The van der Waals surface area contributed by atoms with Gasteiger partial charge in [0, 0.05) is 18.7 Å². The molecule has 0 saturated carbocycles. The molecule has 0 bridgehead atoms. The lowest BCUT2D eigenvalue weighted by atomic mass is 10.2. The fourth-order valence-electron chi connectivity index (χ4n) is 1.36. The molecular formula is C12H16FNO5. The molecule has 0 unspecified atom stereocenters. The summed E-state index contributed by atoms with van der Waals surface area (Å²) in [5.41, 5.74) is -0.386. The van der Waals surface area contributed by atoms with Crippen molar-refractivity contribution in [1.82, 2.24) is 0 Å². The first-order valence-electron chi connectivity index (χ1n) is 5.73. The first kappa shape index (κ1) is 15.5. The molecule has 0 aromatic heterocycles. The van der Waals surface area contributed by atoms with Crippen LogP contribution in [0.15, 0.2) is 18.2 Å². The third kappa shape index (κ3) is 5.29. The molecule has 106 valence electrons. The van der Waals surface area contributed by atoms with Gasteiger partial charge in [0.15, 0.2) is 0 Å². The molecule has 0 saturated heterocycles. The van der Waals surface area contributed by atoms with Crippen molar-refractivity contribution in [2.24, 2.45) is 0 Å². The van der Waals surface area contributed by atoms with E-state index in [1.807, 2.05) is 0 Å². The number of rotatable bonds is 9. The van der Waals surface area contributed by atoms with Crippen LogP contribution in [0.2, 0.25) is 0 Å². The zero-order valence-corrected chi connectivity index (χ0v) is 10.6. The first-order chi connectivity index (χ1) is 9.16. The minimum atomic E-state index is -0.854. The normalized spacial score (nSPS) is 10.6. The van der Waals surface area contributed by atoms with Crippen LogP contribution in [0, 0.1) is 15.9 Å². The summed E-state index contributed by atoms with van der Waals surface area (Å²) in [6.45, 7) is 1.58. The summed E-state index contributed by atoms with van der Waals surface area (Å²) in [4.78, 5) is 9.79. The number of halogens is 1. The van der Waals surface area contributed by atoms with Crippen molar-refractivity contribution < 1.29 is 23.5 Å². The largest absolute Gasteiger partial charge is 0.382 e. The highest BCUT2D eigenvalue weighted by molar-refractivity contribution is 5.36. The lowest BCUT2D eigenvalue weighted by Crippen LogP contribution is -2.09. The van der Waals surface area contributed by atoms with Crippen molar-refractivity contribution >= 4 is 5.69 Å². The highest BCUT2D eigenvalue weighted by atomic mass is 19.1. The standard InChI is InChI=1S/C12H16FNO5/c1-17-5-6-18-7-8-19-9-10-3-2-4-11(12(10)13)14(15)16/h2-4H,5-9H2,1H3. The van der Waals surface area contributed by atoms with Crippen molar-refractivity contribution in [1.29, 1.82) is 0 Å². The van der Waals surface area contributed by atoms with Crippen LogP contribution in [0.5, 0.6) is 0 Å². The molecule has 6 nitrogen and oxygen atoms in total. The van der Waals surface area contributed by atoms with E-state index in [9.17, 15) is 14.5 Å². The second-order valence-electron chi connectivity index (χ2n) is 3.67. The minimum absolute atomic E-state index is 0.0266. The maximum atomic E-state index is 13.6. The molecule has 0 spiro atoms. The molecule has 0 aliphatic heterocycles. The molecule has 0 aliphatic carbocycles. The van der Waals surface area contributed by atoms with Crippen LogP contribution in [-0.2, 0) is 20.8 Å². The maximum Gasteiger partial charge on any atom is 0.305 e. The Kier molecular flexibility index (Phi) is 6.94. The molecule has 0 radical (unpaired) electrons. The fourth-order valence-corrected chi connectivity index (χ4v) is 1.36. The van der Waals surface area contributed by atoms with Gasteiger partial charge >= 0.3 is 5.69 Å². The molecule has 7 heteroatoms. The second kappa shape index (κ2) is 8.52. The zero-order chi connectivity index (χ0) is 14.1. The van der Waals surface area contributed by atoms with Crippen molar-refractivity contribution in [3.63, 3.8) is 0 Å². The Morgan fingerprint density at radius 3 is 2.58 bits per heavy atom. The zero-order valence-electron chi connectivity index (χ0n) is 10.6. The number of nitro groups is 1. The van der Waals surface area contributed by atoms with Gasteiger partial charge in [0.2, 0.25) is 5.82 Å². The summed E-state index contributed by atoms with van der Waals surface area (Å²) in [5, 5.41) is 10.5. The van der Waals surface area contributed by atoms with Gasteiger partial charge in [0.05, 0.1) is 38.0 Å². The van der Waals surface area contributed by atoms with Crippen LogP contribution >= 0.6 is 0 Å². The van der Waals surface area contributed by atoms with Crippen LogP contribution in [0.3, 0.4) is 0 Å². The Labute approximate surface area is 110 Å². The van der Waals surface area contributed by atoms with E-state index in [4.69, 9.17) is 14.2 Å². The molecule has 0 amide bonds. The van der Waals surface area contributed by atoms with E-state index in [0.717, 1.165) is 6.07 Å². The van der Waals surface area contributed by atoms with Gasteiger partial charge in [-0.15, -0.1) is 0 Å². The SMILES string of the molecule is COCCOCCOCc1cccc([N+](=O)[O-])c1F. The Hall–Kier alpha value is -1.57. The second-order valence-corrected chi connectivity index (χ2v) is 3.67. The van der Waals surface area contributed by atoms with Crippen molar-refractivity contribution in [2.45, 2.75) is 6.61 Å². The quantitative estimate of drug-likeness (QED) is 0.390. The molecule has 1 aromatic carbocycles. The van der Waals surface area contributed by atoms with Crippen LogP contribution in [-0.4, -0.2) is 38.5 Å². The predicted octanol–water partition coefficient (Wildman–Crippen LogP) is 1.91. The molecule has 19 heavy (non-hydrogen) atoms. The van der Waals surface area contributed by atoms with Crippen LogP contribution in [0.4, 0.5) is 10.1 Å². The number of ether oxygens (including phenoxy) is 3. The Balaban J connectivity index is 2.33. The van der Waals surface area contributed by atoms with E-state index in [2.05, 4.69) is 0 Å². The summed E-state index contributed by atoms with van der Waals surface area (Å²) in [5.74, 6) is -0.854. The summed E-state index contributed by atoms with van der Waals surface area (Å²) < 4.78 is 28.8. The van der Waals surface area contributed by atoms with Gasteiger partial charge in [-0.25, -0.2) is 0 Å². The van der Waals surface area contributed by atoms with E-state index >= 15 is 0 Å². The van der Waals surface area contributed by atoms with Crippen LogP contribution < -0.4 is 0 Å². The Morgan fingerprint density at radius 1 is 1.21 bits per heavy atom. The summed E-state index contributed by atoms with van der Waals surface area (Å²) in [7, 11) is 1.57. The van der Waals surface area contributed by atoms with Gasteiger partial charge in [-0.1, -0.05) is 12.1 Å². The molecular weight excluding hydrogens is 257 g/mol. The van der Waals surface area contributed by atoms with Gasteiger partial charge in [0.25, 0.3) is 0 Å². The summed E-state index contributed by atoms with van der Waals surface area (Å²) in [6.07, 6.45) is 0. The van der Waals surface area contributed by atoms with Crippen LogP contribution in [0.25, 0.3) is 0 Å². The van der Waals surface area contributed by atoms with Gasteiger partial charge in [0.1, 0.15) is 0 Å². The average Bonchev–Trinajstić information content (AvgIpc) is 2.39. The molecule has 0 N–H and O–H groups in total. The molecule has 0 heterocycles. The number of nitrogens with zero attached hydrogens (tertiary/aromatic N) is 1. The molecule has 0 fully saturated rings. The number of nitro benzene ring substituents is 1. The third-order valence-corrected chi connectivity index (χ3v) is 2.32. The molecule has 1 rings (SSSR count). The van der Waals surface area contributed by atoms with Gasteiger partial charge in [-0.2, -0.15) is 4.39 Å². The summed E-state index contributed by atoms with van der Waals surface area (Å²) in [6, 6.07) is 4.00. The highest BCUT2D eigenvalue weighted by Crippen LogP contribution is 2.20. The summed E-state index contributed by atoms with van der Waals surface area (Å²) >= 11 is 0. The van der Waals surface area contributed by atoms with Crippen molar-refractivity contribution in [2.75, 3.05) is 33.5 Å². The molecule has 0 aliphatic rings. The van der Waals surface area contributed by atoms with Crippen molar-refractivity contribution in [3.8, 4) is 0 Å². The monoisotopic (exact) mass is 273 g/mol. The van der Waals surface area contributed by atoms with Crippen LogP contribution in [0.1, 0.15) is 5.56 Å². The number of methoxy groups -OCH3 is 1. The van der Waals surface area contributed by atoms with E-state index in [1.165, 1.54) is 12.1 Å². The van der Waals surface area contributed by atoms with E-state index in [-0.39, 0.29) is 18.8 Å². The average molecular weight is 273 g/mol. The topological polar surface area (TPSA) is 70.8 Å². The smallest absolute Gasteiger partial charge is 0.305 e. The lowest BCUT2D eigenvalue weighted by Gasteiger charge is -2.06. The minimum Gasteiger partial charge on any atom is -0.382 e. The molecule has 1 aromatic rings. The van der Waals surface area contributed by atoms with E-state index < -0.39 is 16.4 Å². The van der Waals surface area contributed by atoms with Gasteiger partial charge < -0.3 is 14.2 Å².